The number of hydrogen-bond acceptors (Lipinski definition) is 6. The van der Waals surface area contributed by atoms with Crippen molar-refractivity contribution >= 4 is 46.0 Å². The van der Waals surface area contributed by atoms with Crippen molar-refractivity contribution in [1.82, 2.24) is 14.5 Å². The van der Waals surface area contributed by atoms with Crippen molar-refractivity contribution in [1.29, 1.82) is 0 Å². The van der Waals surface area contributed by atoms with Crippen molar-refractivity contribution in [2.45, 2.75) is 49.6 Å². The summed E-state index contributed by atoms with van der Waals surface area (Å²) in [4.78, 5) is 33.3. The first kappa shape index (κ1) is 29.3. The van der Waals surface area contributed by atoms with Crippen LogP contribution in [0.25, 0.3) is 22.0 Å². The third-order valence-electron chi connectivity index (χ3n) is 7.29. The average Bonchev–Trinajstić information content (AvgIpc) is 3.06. The fraction of sp³-hybridized carbons (Fsp3) is 0.370. The van der Waals surface area contributed by atoms with Gasteiger partial charge in [0.1, 0.15) is 17.5 Å². The fourth-order valence-corrected chi connectivity index (χ4v) is 7.03. The van der Waals surface area contributed by atoms with Gasteiger partial charge in [0, 0.05) is 71.0 Å². The number of carbonyl (C=O) groups is 1. The maximum absolute atomic E-state index is 15.1. The van der Waals surface area contributed by atoms with Gasteiger partial charge >= 0.3 is 11.9 Å². The molecule has 2 N–H and O–H groups in total. The van der Waals surface area contributed by atoms with E-state index in [4.69, 9.17) is 17.3 Å². The molecular weight excluding hydrogens is 589 g/mol. The van der Waals surface area contributed by atoms with E-state index in [0.717, 1.165) is 23.9 Å². The average molecular weight is 614 g/mol. The minimum absolute atomic E-state index is 0.0117. The third kappa shape index (κ3) is 5.08. The van der Waals surface area contributed by atoms with Crippen molar-refractivity contribution in [2.24, 2.45) is 5.73 Å². The van der Waals surface area contributed by atoms with Crippen LogP contribution in [-0.4, -0.2) is 57.3 Å². The molecule has 7 nitrogen and oxygen atoms in total. The lowest BCUT2D eigenvalue weighted by Crippen LogP contribution is -2.58. The van der Waals surface area contributed by atoms with Gasteiger partial charge in [-0.1, -0.05) is 18.2 Å². The highest BCUT2D eigenvalue weighted by molar-refractivity contribution is 7.99. The summed E-state index contributed by atoms with van der Waals surface area (Å²) >= 11 is 6.84. The minimum atomic E-state index is -4.98. The molecule has 2 aliphatic heterocycles. The van der Waals surface area contributed by atoms with Gasteiger partial charge in [-0.05, 0) is 32.1 Å². The van der Waals surface area contributed by atoms with E-state index in [-0.39, 0.29) is 65.0 Å². The standard InChI is InChI=1S/C27H25ClF5N5O2S/c1-4-21(39)38-12(2)8-36(9-13(38)3)25-16-5-17(27(31,32)33)22(15-6-18(28)20(30)7-19(15)29)24-23(16)37(26(40)35-25)10-14(34)11-41-24/h4-7,12-14H,1,8-11,34H2,2-3H3. The number of nitrogens with two attached hydrogens (primary N) is 1. The van der Waals surface area contributed by atoms with Gasteiger partial charge in [0.25, 0.3) is 0 Å². The van der Waals surface area contributed by atoms with Crippen LogP contribution in [-0.2, 0) is 17.5 Å². The summed E-state index contributed by atoms with van der Waals surface area (Å²) in [5.74, 6) is -2.52. The molecular formula is C27H25ClF5N5O2S. The quantitative estimate of drug-likeness (QED) is 0.253. The van der Waals surface area contributed by atoms with Crippen molar-refractivity contribution < 1.29 is 26.7 Å². The smallest absolute Gasteiger partial charge is 0.352 e. The molecule has 0 saturated carbocycles. The summed E-state index contributed by atoms with van der Waals surface area (Å²) in [6, 6.07) is 0.709. The highest BCUT2D eigenvalue weighted by atomic mass is 35.5. The maximum Gasteiger partial charge on any atom is 0.417 e. The number of anilines is 1. The van der Waals surface area contributed by atoms with E-state index in [2.05, 4.69) is 11.6 Å². The van der Waals surface area contributed by atoms with Crippen molar-refractivity contribution in [3.05, 3.63) is 63.6 Å². The largest absolute Gasteiger partial charge is 0.417 e. The van der Waals surface area contributed by atoms with E-state index < -0.39 is 51.3 Å². The molecule has 41 heavy (non-hydrogen) atoms. The van der Waals surface area contributed by atoms with Gasteiger partial charge in [-0.15, -0.1) is 11.8 Å². The van der Waals surface area contributed by atoms with Gasteiger partial charge in [-0.3, -0.25) is 9.36 Å². The topological polar surface area (TPSA) is 84.5 Å². The summed E-state index contributed by atoms with van der Waals surface area (Å²) in [6.07, 6.45) is -3.78. The zero-order valence-electron chi connectivity index (χ0n) is 21.9. The maximum atomic E-state index is 15.1. The molecule has 3 heterocycles. The number of rotatable bonds is 3. The highest BCUT2D eigenvalue weighted by Gasteiger charge is 2.40. The first-order chi connectivity index (χ1) is 19.2. The summed E-state index contributed by atoms with van der Waals surface area (Å²) in [6.45, 7) is 7.42. The number of piperazine rings is 1. The van der Waals surface area contributed by atoms with Gasteiger partial charge < -0.3 is 15.5 Å². The Morgan fingerprint density at radius 1 is 1.15 bits per heavy atom. The first-order valence-electron chi connectivity index (χ1n) is 12.6. The first-order valence-corrected chi connectivity index (χ1v) is 14.0. The number of halogens is 6. The molecule has 0 bridgehead atoms. The minimum Gasteiger partial charge on any atom is -0.352 e. The van der Waals surface area contributed by atoms with Gasteiger partial charge in [0.2, 0.25) is 5.91 Å². The Morgan fingerprint density at radius 3 is 2.41 bits per heavy atom. The number of hydrogen-bond donors (Lipinski definition) is 1. The Kier molecular flexibility index (Phi) is 7.58. The lowest BCUT2D eigenvalue weighted by molar-refractivity contribution is -0.137. The highest BCUT2D eigenvalue weighted by Crippen LogP contribution is 2.49. The molecule has 2 aromatic carbocycles. The molecule has 2 aliphatic rings. The van der Waals surface area contributed by atoms with Crippen LogP contribution in [0.3, 0.4) is 0 Å². The lowest BCUT2D eigenvalue weighted by atomic mass is 9.95. The van der Waals surface area contributed by atoms with Crippen LogP contribution in [0.2, 0.25) is 5.02 Å². The van der Waals surface area contributed by atoms with Gasteiger partial charge in [-0.25, -0.2) is 13.6 Å². The van der Waals surface area contributed by atoms with E-state index in [0.29, 0.717) is 6.07 Å². The zero-order chi connectivity index (χ0) is 30.0. The van der Waals surface area contributed by atoms with Crippen LogP contribution in [0.4, 0.5) is 27.8 Å². The molecule has 0 spiro atoms. The second-order valence-corrected chi connectivity index (χ2v) is 11.7. The van der Waals surface area contributed by atoms with E-state index in [1.54, 1.807) is 23.6 Å². The molecule has 3 unspecified atom stereocenters. The molecule has 1 amide bonds. The predicted molar refractivity (Wildman–Crippen MR) is 148 cm³/mol. The van der Waals surface area contributed by atoms with Crippen LogP contribution in [0.1, 0.15) is 19.4 Å². The van der Waals surface area contributed by atoms with E-state index in [1.165, 1.54) is 10.6 Å². The zero-order valence-corrected chi connectivity index (χ0v) is 23.5. The number of aromatic nitrogens is 2. The number of amides is 1. The second kappa shape index (κ2) is 10.6. The van der Waals surface area contributed by atoms with Crippen LogP contribution in [0.5, 0.6) is 0 Å². The van der Waals surface area contributed by atoms with E-state index >= 15 is 4.39 Å². The molecule has 1 aromatic heterocycles. The summed E-state index contributed by atoms with van der Waals surface area (Å²) in [5.41, 5.74) is 3.26. The van der Waals surface area contributed by atoms with Gasteiger partial charge in [0.15, 0.2) is 0 Å². The fourth-order valence-electron chi connectivity index (χ4n) is 5.66. The van der Waals surface area contributed by atoms with Gasteiger partial charge in [0.05, 0.1) is 16.1 Å². The summed E-state index contributed by atoms with van der Waals surface area (Å²) in [5, 5.41) is -0.534. The van der Waals surface area contributed by atoms with E-state index in [1.807, 2.05) is 0 Å². The Labute approximate surface area is 240 Å². The number of alkyl halides is 3. The molecule has 3 atom stereocenters. The third-order valence-corrected chi connectivity index (χ3v) is 8.86. The molecule has 1 fully saturated rings. The summed E-state index contributed by atoms with van der Waals surface area (Å²) < 4.78 is 74.5. The van der Waals surface area contributed by atoms with Gasteiger partial charge in [-0.2, -0.15) is 18.2 Å². The molecule has 218 valence electrons. The van der Waals surface area contributed by atoms with Crippen LogP contribution in [0.15, 0.2) is 40.5 Å². The molecule has 1 saturated heterocycles. The second-order valence-electron chi connectivity index (χ2n) is 10.2. The van der Waals surface area contributed by atoms with Crippen LogP contribution >= 0.6 is 23.4 Å². The normalized spacial score (nSPS) is 21.2. The monoisotopic (exact) mass is 613 g/mol. The lowest BCUT2D eigenvalue weighted by Gasteiger charge is -2.44. The SMILES string of the molecule is C=CC(=O)N1C(C)CN(c2nc(=O)n3c4c(c(-c5cc(Cl)c(F)cc5F)c(C(F)(F)F)cc24)SCC(N)C3)CC1C. The molecule has 5 rings (SSSR count). The Morgan fingerprint density at radius 2 is 1.80 bits per heavy atom. The molecule has 0 radical (unpaired) electrons. The predicted octanol–water partition coefficient (Wildman–Crippen LogP) is 5.06. The number of carbonyl (C=O) groups excluding carboxylic acids is 1. The van der Waals surface area contributed by atoms with Crippen LogP contribution in [0, 0.1) is 11.6 Å². The number of benzene rings is 2. The Hall–Kier alpha value is -3.16. The van der Waals surface area contributed by atoms with E-state index in [9.17, 15) is 27.2 Å². The molecule has 0 aliphatic carbocycles. The number of thioether (sulfide) groups is 1. The van der Waals surface area contributed by atoms with Crippen molar-refractivity contribution in [3.63, 3.8) is 0 Å². The van der Waals surface area contributed by atoms with Crippen molar-refractivity contribution in [2.75, 3.05) is 23.7 Å². The Balaban J connectivity index is 1.85. The number of nitrogens with zero attached hydrogens (tertiary/aromatic N) is 4. The van der Waals surface area contributed by atoms with Crippen molar-refractivity contribution in [3.8, 4) is 11.1 Å². The summed E-state index contributed by atoms with van der Waals surface area (Å²) in [7, 11) is 0. The Bertz CT molecular complexity index is 1630. The molecule has 3 aromatic rings. The van der Waals surface area contributed by atoms with Crippen LogP contribution < -0.4 is 16.3 Å². The molecule has 14 heteroatoms.